The lowest BCUT2D eigenvalue weighted by atomic mass is 10.1. The molecule has 0 aliphatic heterocycles. The first-order chi connectivity index (χ1) is 16.0. The van der Waals surface area contributed by atoms with Crippen LogP contribution in [0.1, 0.15) is 16.7 Å². The molecule has 3 rings (SSSR count). The molecule has 2 aromatic heterocycles. The fourth-order valence-corrected chi connectivity index (χ4v) is 2.93. The first-order valence-electron chi connectivity index (χ1n) is 9.83. The van der Waals surface area contributed by atoms with Crippen LogP contribution in [-0.2, 0) is 11.0 Å². The zero-order valence-electron chi connectivity index (χ0n) is 18.5. The molecular formula is C22H22F3N6O3+. The van der Waals surface area contributed by atoms with Gasteiger partial charge in [-0.15, -0.1) is 4.98 Å². The van der Waals surface area contributed by atoms with Gasteiger partial charge in [0, 0.05) is 17.8 Å². The lowest BCUT2D eigenvalue weighted by molar-refractivity contribution is -0.884. The van der Waals surface area contributed by atoms with E-state index >= 15 is 0 Å². The predicted molar refractivity (Wildman–Crippen MR) is 119 cm³/mol. The van der Waals surface area contributed by atoms with Gasteiger partial charge in [0.25, 0.3) is 5.82 Å². The highest BCUT2D eigenvalue weighted by atomic mass is 19.4. The predicted octanol–water partition coefficient (Wildman–Crippen LogP) is 4.26. The molecule has 0 unspecified atom stereocenters. The van der Waals surface area contributed by atoms with E-state index in [2.05, 4.69) is 32.5 Å². The normalized spacial score (nSPS) is 11.0. The number of aryl methyl sites for hydroxylation is 2. The number of methoxy groups -OCH3 is 1. The summed E-state index contributed by atoms with van der Waals surface area (Å²) in [6.07, 6.45) is -1.74. The molecule has 4 N–H and O–H groups in total. The Hall–Kier alpha value is -4.35. The molecule has 9 nitrogen and oxygen atoms in total. The molecule has 2 heterocycles. The molecule has 34 heavy (non-hydrogen) atoms. The number of carbonyl (C=O) groups excluding carboxylic acids is 1. The number of nitrogens with one attached hydrogen (secondary N) is 3. The second kappa shape index (κ2) is 9.65. The van der Waals surface area contributed by atoms with E-state index in [1.165, 1.54) is 25.4 Å². The molecule has 12 heteroatoms. The number of hydrogen-bond acceptors (Lipinski definition) is 7. The van der Waals surface area contributed by atoms with Gasteiger partial charge in [0.05, 0.1) is 18.5 Å². The van der Waals surface area contributed by atoms with Crippen molar-refractivity contribution in [1.29, 1.82) is 0 Å². The van der Waals surface area contributed by atoms with Gasteiger partial charge in [-0.1, -0.05) is 12.6 Å². The minimum atomic E-state index is -4.84. The summed E-state index contributed by atoms with van der Waals surface area (Å²) in [6.45, 7) is 6.83. The molecule has 1 aromatic carbocycles. The number of halogens is 3. The molecule has 0 atom stereocenters. The van der Waals surface area contributed by atoms with Gasteiger partial charge >= 0.3 is 12.1 Å². The number of benzene rings is 1. The van der Waals surface area contributed by atoms with Crippen molar-refractivity contribution >= 4 is 34.7 Å². The van der Waals surface area contributed by atoms with Crippen LogP contribution in [0, 0.1) is 13.8 Å². The molecule has 178 valence electrons. The number of alkyl halides is 3. The number of carbonyl (C=O) groups is 1. The zero-order chi connectivity index (χ0) is 25.0. The van der Waals surface area contributed by atoms with Crippen LogP contribution in [0.25, 0.3) is 0 Å². The number of pyridine rings is 1. The van der Waals surface area contributed by atoms with Crippen molar-refractivity contribution in [3.63, 3.8) is 0 Å². The van der Waals surface area contributed by atoms with Crippen LogP contribution < -0.4 is 25.4 Å². The van der Waals surface area contributed by atoms with Crippen LogP contribution in [0.4, 0.5) is 42.0 Å². The monoisotopic (exact) mass is 475 g/mol. The highest BCUT2D eigenvalue weighted by Crippen LogP contribution is 2.36. The van der Waals surface area contributed by atoms with Gasteiger partial charge in [0.1, 0.15) is 11.9 Å². The SMILES string of the molecule is C=CC(=O)Nc1cc(C)ccc1Nc1c(C(F)(F)F)cnc(Nc2cc(OC)ncc2C)[n+]1O. The standard InChI is InChI=1S/C22H21F3N6O3/c1-5-18(32)28-17-8-12(2)6-7-15(17)29-20-14(22(23,24)25)11-27-21(31(20)33)30-16-9-19(34-4)26-10-13(16)3/h5-11,33H,1H2,2-4H3,(H2,26,27,28,29,30,32)/p+1. The maximum absolute atomic E-state index is 13.7. The Labute approximate surface area is 192 Å². The van der Waals surface area contributed by atoms with Gasteiger partial charge in [-0.25, -0.2) is 4.98 Å². The van der Waals surface area contributed by atoms with E-state index in [1.54, 1.807) is 26.0 Å². The molecule has 0 aliphatic carbocycles. The smallest absolute Gasteiger partial charge is 0.424 e. The Balaban J connectivity index is 2.10. The Kier molecular flexibility index (Phi) is 6.89. The summed E-state index contributed by atoms with van der Waals surface area (Å²) in [5, 5.41) is 18.6. The van der Waals surface area contributed by atoms with E-state index in [0.717, 1.165) is 11.6 Å². The minimum Gasteiger partial charge on any atom is -0.481 e. The van der Waals surface area contributed by atoms with Crippen molar-refractivity contribution in [2.24, 2.45) is 0 Å². The third-order valence-corrected chi connectivity index (χ3v) is 4.69. The number of hydrogen-bond donors (Lipinski definition) is 4. The summed E-state index contributed by atoms with van der Waals surface area (Å²) in [7, 11) is 1.41. The van der Waals surface area contributed by atoms with Gasteiger partial charge in [-0.05, 0) is 42.4 Å². The van der Waals surface area contributed by atoms with Gasteiger partial charge in [0.2, 0.25) is 11.8 Å². The quantitative estimate of drug-likeness (QED) is 0.230. The average molecular weight is 475 g/mol. The second-order valence-electron chi connectivity index (χ2n) is 7.19. The molecule has 0 saturated heterocycles. The molecule has 0 aliphatic rings. The Morgan fingerprint density at radius 1 is 1.12 bits per heavy atom. The molecule has 0 spiro atoms. The molecule has 0 radical (unpaired) electrons. The highest BCUT2D eigenvalue weighted by Gasteiger charge is 2.40. The van der Waals surface area contributed by atoms with Gasteiger partial charge in [0.15, 0.2) is 5.56 Å². The first-order valence-corrected chi connectivity index (χ1v) is 9.83. The van der Waals surface area contributed by atoms with Gasteiger partial charge in [-0.3, -0.25) is 15.4 Å². The van der Waals surface area contributed by atoms with Crippen molar-refractivity contribution < 1.29 is 32.6 Å². The largest absolute Gasteiger partial charge is 0.481 e. The van der Waals surface area contributed by atoms with E-state index in [0.29, 0.717) is 17.4 Å². The summed E-state index contributed by atoms with van der Waals surface area (Å²) in [4.78, 5) is 19.6. The van der Waals surface area contributed by atoms with Crippen LogP contribution in [0.3, 0.4) is 0 Å². The molecule has 0 bridgehead atoms. The number of anilines is 5. The fraction of sp³-hybridized carbons (Fsp3) is 0.182. The second-order valence-corrected chi connectivity index (χ2v) is 7.19. The zero-order valence-corrected chi connectivity index (χ0v) is 18.5. The Morgan fingerprint density at radius 3 is 2.50 bits per heavy atom. The van der Waals surface area contributed by atoms with Crippen LogP contribution >= 0.6 is 0 Å². The third kappa shape index (κ3) is 5.34. The van der Waals surface area contributed by atoms with E-state index in [9.17, 15) is 23.2 Å². The van der Waals surface area contributed by atoms with Crippen molar-refractivity contribution in [3.8, 4) is 5.88 Å². The maximum Gasteiger partial charge on any atom is 0.424 e. The van der Waals surface area contributed by atoms with Crippen molar-refractivity contribution in [2.45, 2.75) is 20.0 Å². The van der Waals surface area contributed by atoms with Gasteiger partial charge in [-0.2, -0.15) is 13.2 Å². The Bertz CT molecular complexity index is 1250. The van der Waals surface area contributed by atoms with Crippen LogP contribution in [0.2, 0.25) is 0 Å². The first kappa shape index (κ1) is 24.3. The minimum absolute atomic E-state index is 0.105. The average Bonchev–Trinajstić information content (AvgIpc) is 2.78. The van der Waals surface area contributed by atoms with Crippen molar-refractivity contribution in [3.05, 3.63) is 66.0 Å². The molecule has 1 amide bonds. The van der Waals surface area contributed by atoms with Gasteiger partial charge < -0.3 is 15.3 Å². The lowest BCUT2D eigenvalue weighted by Gasteiger charge is -2.16. The van der Waals surface area contributed by atoms with Crippen LogP contribution in [0.15, 0.2) is 49.3 Å². The third-order valence-electron chi connectivity index (χ3n) is 4.69. The number of rotatable bonds is 7. The van der Waals surface area contributed by atoms with E-state index in [1.807, 2.05) is 0 Å². The lowest BCUT2D eigenvalue weighted by Crippen LogP contribution is -2.40. The summed E-state index contributed by atoms with van der Waals surface area (Å²) in [5.74, 6) is -1.33. The van der Waals surface area contributed by atoms with Crippen LogP contribution in [0.5, 0.6) is 5.88 Å². The number of amides is 1. The summed E-state index contributed by atoms with van der Waals surface area (Å²) in [5.41, 5.74) is 0.849. The molecular weight excluding hydrogens is 453 g/mol. The molecule has 3 aromatic rings. The van der Waals surface area contributed by atoms with E-state index < -0.39 is 23.5 Å². The number of aromatic nitrogens is 3. The Morgan fingerprint density at radius 2 is 1.85 bits per heavy atom. The summed E-state index contributed by atoms with van der Waals surface area (Å²) in [6, 6.07) is 6.17. The fourth-order valence-electron chi connectivity index (χ4n) is 2.93. The van der Waals surface area contributed by atoms with Crippen LogP contribution in [-0.4, -0.2) is 28.2 Å². The van der Waals surface area contributed by atoms with E-state index in [-0.39, 0.29) is 27.9 Å². The van der Waals surface area contributed by atoms with Crippen molar-refractivity contribution in [2.75, 3.05) is 23.1 Å². The van der Waals surface area contributed by atoms with E-state index in [4.69, 9.17) is 4.74 Å². The number of ether oxygens (including phenoxy) is 1. The summed E-state index contributed by atoms with van der Waals surface area (Å²) < 4.78 is 46.6. The molecule has 0 fully saturated rings. The summed E-state index contributed by atoms with van der Waals surface area (Å²) >= 11 is 0. The highest BCUT2D eigenvalue weighted by molar-refractivity contribution is 6.01. The molecule has 0 saturated carbocycles. The topological polar surface area (TPSA) is 112 Å². The maximum atomic E-state index is 13.7. The van der Waals surface area contributed by atoms with Crippen molar-refractivity contribution in [1.82, 2.24) is 9.97 Å². The number of nitrogens with zero attached hydrogens (tertiary/aromatic N) is 3.